The van der Waals surface area contributed by atoms with Crippen molar-refractivity contribution < 1.29 is 9.53 Å². The van der Waals surface area contributed by atoms with Crippen molar-refractivity contribution in [3.63, 3.8) is 0 Å². The van der Waals surface area contributed by atoms with E-state index in [1.54, 1.807) is 15.9 Å². The Balaban J connectivity index is 1.44. The number of aryl methyl sites for hydroxylation is 2. The van der Waals surface area contributed by atoms with Gasteiger partial charge in [-0.05, 0) is 68.3 Å². The van der Waals surface area contributed by atoms with Crippen LogP contribution in [0.4, 0.5) is 0 Å². The minimum atomic E-state index is -0.344. The highest BCUT2D eigenvalue weighted by molar-refractivity contribution is 7.18. The fraction of sp³-hybridized carbons (Fsp3) is 0.536. The highest BCUT2D eigenvalue weighted by atomic mass is 32.1. The molecule has 0 amide bonds. The third-order valence-electron chi connectivity index (χ3n) is 7.59. The molecule has 0 atom stereocenters. The van der Waals surface area contributed by atoms with Crippen molar-refractivity contribution in [1.29, 1.82) is 0 Å². The van der Waals surface area contributed by atoms with Gasteiger partial charge in [-0.1, -0.05) is 51.1 Å². The molecule has 0 spiro atoms. The van der Waals surface area contributed by atoms with Crippen LogP contribution < -0.4 is 5.56 Å². The molecule has 3 aromatic rings. The van der Waals surface area contributed by atoms with Crippen LogP contribution in [0.2, 0.25) is 0 Å². The molecule has 1 saturated carbocycles. The van der Waals surface area contributed by atoms with Gasteiger partial charge in [-0.2, -0.15) is 0 Å². The molecule has 1 fully saturated rings. The number of hydrogen-bond acceptors (Lipinski definition) is 5. The Labute approximate surface area is 205 Å². The first-order chi connectivity index (χ1) is 16.3. The number of aromatic nitrogens is 2. The van der Waals surface area contributed by atoms with Crippen LogP contribution >= 0.6 is 11.3 Å². The van der Waals surface area contributed by atoms with E-state index in [1.165, 1.54) is 4.88 Å². The maximum Gasteiger partial charge on any atom is 0.326 e. The van der Waals surface area contributed by atoms with Gasteiger partial charge >= 0.3 is 5.97 Å². The summed E-state index contributed by atoms with van der Waals surface area (Å²) in [7, 11) is 0. The van der Waals surface area contributed by atoms with Crippen molar-refractivity contribution >= 4 is 27.5 Å². The zero-order valence-corrected chi connectivity index (χ0v) is 21.2. The van der Waals surface area contributed by atoms with E-state index in [9.17, 15) is 9.59 Å². The van der Waals surface area contributed by atoms with Gasteiger partial charge in [0.1, 0.15) is 23.3 Å². The average molecular weight is 479 g/mol. The number of esters is 1. The van der Waals surface area contributed by atoms with Crippen molar-refractivity contribution in [2.24, 2.45) is 11.3 Å². The molecule has 1 aromatic carbocycles. The number of benzene rings is 1. The van der Waals surface area contributed by atoms with Crippen LogP contribution in [0.15, 0.2) is 35.1 Å². The summed E-state index contributed by atoms with van der Waals surface area (Å²) in [6.45, 7) is 6.76. The molecule has 0 saturated heterocycles. The number of hydrogen-bond donors (Lipinski definition) is 0. The van der Waals surface area contributed by atoms with E-state index in [-0.39, 0.29) is 29.6 Å². The highest BCUT2D eigenvalue weighted by Crippen LogP contribution is 2.39. The van der Waals surface area contributed by atoms with Crippen LogP contribution in [0.1, 0.15) is 69.7 Å². The fourth-order valence-electron chi connectivity index (χ4n) is 5.59. The van der Waals surface area contributed by atoms with Gasteiger partial charge in [0.15, 0.2) is 0 Å². The summed E-state index contributed by atoms with van der Waals surface area (Å²) in [5.41, 5.74) is 2.15. The maximum absolute atomic E-state index is 13.8. The van der Waals surface area contributed by atoms with E-state index in [0.29, 0.717) is 17.1 Å². The van der Waals surface area contributed by atoms with Gasteiger partial charge in [0.2, 0.25) is 0 Å². The number of fused-ring (bicyclic) bond motifs is 3. The number of ether oxygens (including phenoxy) is 1. The SMILES string of the molecule is CC(C)(C)C1CCC(OC(=O)Cn2c(-c3ccccc3)nc3sc4c(c3c2=O)CCCC4)CC1. The molecule has 2 aromatic heterocycles. The van der Waals surface area contributed by atoms with Crippen LogP contribution in [0, 0.1) is 11.3 Å². The Hall–Kier alpha value is -2.47. The van der Waals surface area contributed by atoms with Crippen LogP contribution in [-0.4, -0.2) is 21.6 Å². The molecular formula is C28H34N2O3S. The molecule has 2 aliphatic carbocycles. The van der Waals surface area contributed by atoms with E-state index < -0.39 is 0 Å². The van der Waals surface area contributed by atoms with E-state index in [4.69, 9.17) is 9.72 Å². The summed E-state index contributed by atoms with van der Waals surface area (Å²) >= 11 is 1.64. The third kappa shape index (κ3) is 4.57. The molecule has 6 heteroatoms. The zero-order valence-electron chi connectivity index (χ0n) is 20.4. The second kappa shape index (κ2) is 9.29. The molecule has 2 aliphatic rings. The maximum atomic E-state index is 13.8. The molecule has 0 unspecified atom stereocenters. The van der Waals surface area contributed by atoms with Gasteiger partial charge in [-0.3, -0.25) is 14.2 Å². The predicted octanol–water partition coefficient (Wildman–Crippen LogP) is 6.15. The summed E-state index contributed by atoms with van der Waals surface area (Å²) in [6.07, 6.45) is 8.05. The van der Waals surface area contributed by atoms with Gasteiger partial charge in [0, 0.05) is 10.4 Å². The lowest BCUT2D eigenvalue weighted by atomic mass is 9.72. The smallest absolute Gasteiger partial charge is 0.326 e. The van der Waals surface area contributed by atoms with Crippen molar-refractivity contribution in [2.45, 2.75) is 84.8 Å². The fourth-order valence-corrected chi connectivity index (χ4v) is 6.84. The van der Waals surface area contributed by atoms with Gasteiger partial charge in [0.25, 0.3) is 5.56 Å². The number of carbonyl (C=O) groups is 1. The molecule has 2 heterocycles. The summed E-state index contributed by atoms with van der Waals surface area (Å²) in [6, 6.07) is 9.69. The molecule has 5 rings (SSSR count). The van der Waals surface area contributed by atoms with Crippen molar-refractivity contribution in [3.05, 3.63) is 51.1 Å². The van der Waals surface area contributed by atoms with E-state index in [0.717, 1.165) is 67.3 Å². The molecule has 0 N–H and O–H groups in total. The quantitative estimate of drug-likeness (QED) is 0.422. The number of nitrogens with zero attached hydrogens (tertiary/aromatic N) is 2. The lowest BCUT2D eigenvalue weighted by Crippen LogP contribution is -2.33. The van der Waals surface area contributed by atoms with Crippen LogP contribution in [-0.2, 0) is 28.9 Å². The van der Waals surface area contributed by atoms with Gasteiger partial charge in [-0.15, -0.1) is 11.3 Å². The topological polar surface area (TPSA) is 61.2 Å². The summed E-state index contributed by atoms with van der Waals surface area (Å²) in [5, 5.41) is 0.706. The monoisotopic (exact) mass is 478 g/mol. The lowest BCUT2D eigenvalue weighted by Gasteiger charge is -2.36. The Morgan fingerprint density at radius 3 is 2.50 bits per heavy atom. The van der Waals surface area contributed by atoms with E-state index in [1.807, 2.05) is 30.3 Å². The molecule has 0 aliphatic heterocycles. The minimum Gasteiger partial charge on any atom is -0.461 e. The Morgan fingerprint density at radius 1 is 1.09 bits per heavy atom. The van der Waals surface area contributed by atoms with E-state index in [2.05, 4.69) is 20.8 Å². The molecule has 0 radical (unpaired) electrons. The van der Waals surface area contributed by atoms with Crippen molar-refractivity contribution in [3.8, 4) is 11.4 Å². The molecular weight excluding hydrogens is 444 g/mol. The molecule has 180 valence electrons. The van der Waals surface area contributed by atoms with Crippen molar-refractivity contribution in [2.75, 3.05) is 0 Å². The predicted molar refractivity (Wildman–Crippen MR) is 137 cm³/mol. The van der Waals surface area contributed by atoms with Gasteiger partial charge in [0.05, 0.1) is 5.39 Å². The third-order valence-corrected chi connectivity index (χ3v) is 8.78. The lowest BCUT2D eigenvalue weighted by molar-refractivity contribution is -0.152. The minimum absolute atomic E-state index is 0.0624. The number of carbonyl (C=O) groups excluding carboxylic acids is 1. The largest absolute Gasteiger partial charge is 0.461 e. The van der Waals surface area contributed by atoms with Crippen molar-refractivity contribution in [1.82, 2.24) is 9.55 Å². The van der Waals surface area contributed by atoms with Crippen LogP contribution in [0.3, 0.4) is 0 Å². The second-order valence-electron chi connectivity index (χ2n) is 10.9. The highest BCUT2D eigenvalue weighted by Gasteiger charge is 2.31. The summed E-state index contributed by atoms with van der Waals surface area (Å²) in [4.78, 5) is 33.8. The zero-order chi connectivity index (χ0) is 23.9. The first-order valence-electron chi connectivity index (χ1n) is 12.6. The van der Waals surface area contributed by atoms with E-state index >= 15 is 0 Å². The van der Waals surface area contributed by atoms with Gasteiger partial charge < -0.3 is 4.74 Å². The Morgan fingerprint density at radius 2 is 1.79 bits per heavy atom. The molecule has 5 nitrogen and oxygen atoms in total. The number of thiophene rings is 1. The normalized spacial score (nSPS) is 20.8. The number of rotatable bonds is 4. The van der Waals surface area contributed by atoms with Crippen LogP contribution in [0.5, 0.6) is 0 Å². The standard InChI is InChI=1S/C28H34N2O3S/c1-28(2,3)19-13-15-20(16-14-19)33-23(31)17-30-25(18-9-5-4-6-10-18)29-26-24(27(30)32)21-11-7-8-12-22(21)34-26/h4-6,9-10,19-20H,7-8,11-17H2,1-3H3. The second-order valence-corrected chi connectivity index (χ2v) is 12.0. The Kier molecular flexibility index (Phi) is 6.36. The summed E-state index contributed by atoms with van der Waals surface area (Å²) in [5.74, 6) is 0.861. The molecule has 34 heavy (non-hydrogen) atoms. The first-order valence-corrected chi connectivity index (χ1v) is 13.4. The van der Waals surface area contributed by atoms with Crippen LogP contribution in [0.25, 0.3) is 21.6 Å². The van der Waals surface area contributed by atoms with Gasteiger partial charge in [-0.25, -0.2) is 4.98 Å². The average Bonchev–Trinajstić information content (AvgIpc) is 3.20. The molecule has 0 bridgehead atoms. The first kappa shape index (κ1) is 23.3. The Bertz CT molecular complexity index is 1240. The summed E-state index contributed by atoms with van der Waals surface area (Å²) < 4.78 is 7.43.